The minimum atomic E-state index is -1.18. The maximum Gasteiger partial charge on any atom is 0.249 e. The van der Waals surface area contributed by atoms with Gasteiger partial charge in [0.1, 0.15) is 24.1 Å². The molecule has 5 heterocycles. The van der Waals surface area contributed by atoms with Gasteiger partial charge in [-0.05, 0) is 25.0 Å². The molecular weight excluding hydrogens is 447 g/mol. The smallest absolute Gasteiger partial charge is 0.249 e. The van der Waals surface area contributed by atoms with Crippen LogP contribution < -0.4 is 15.5 Å². The molecule has 4 aromatic rings. The molecule has 1 amide bonds. The second kappa shape index (κ2) is 7.47. The van der Waals surface area contributed by atoms with E-state index < -0.39 is 12.2 Å². The first-order valence-electron chi connectivity index (χ1n) is 10.7. The largest absolute Gasteiger partial charge is 0.324 e. The van der Waals surface area contributed by atoms with Gasteiger partial charge in [-0.1, -0.05) is 6.92 Å². The van der Waals surface area contributed by atoms with Crippen LogP contribution in [0.15, 0.2) is 30.7 Å². The first kappa shape index (κ1) is 20.0. The summed E-state index contributed by atoms with van der Waals surface area (Å²) in [6.07, 6.45) is 4.28. The van der Waals surface area contributed by atoms with E-state index in [4.69, 9.17) is 0 Å². The Kier molecular flexibility index (Phi) is 4.54. The topological polar surface area (TPSA) is 129 Å². The number of alkyl halides is 1. The van der Waals surface area contributed by atoms with Crippen molar-refractivity contribution < 1.29 is 9.18 Å². The molecule has 3 N–H and O–H groups in total. The molecule has 0 radical (unpaired) electrons. The maximum absolute atomic E-state index is 14.4. The van der Waals surface area contributed by atoms with Gasteiger partial charge in [-0.2, -0.15) is 14.5 Å². The predicted molar refractivity (Wildman–Crippen MR) is 121 cm³/mol. The number of nitrogens with zero attached hydrogens (tertiary/aromatic N) is 7. The predicted octanol–water partition coefficient (Wildman–Crippen LogP) is 2.65. The van der Waals surface area contributed by atoms with E-state index in [0.717, 1.165) is 35.6 Å². The van der Waals surface area contributed by atoms with Crippen LogP contribution in [0.3, 0.4) is 0 Å². The lowest BCUT2D eigenvalue weighted by Gasteiger charge is -2.23. The number of aromatic amines is 1. The van der Waals surface area contributed by atoms with E-state index >= 15 is 0 Å². The first-order chi connectivity index (χ1) is 16.0. The molecule has 0 spiro atoms. The van der Waals surface area contributed by atoms with Gasteiger partial charge < -0.3 is 10.2 Å². The molecule has 0 unspecified atom stereocenters. The lowest BCUT2D eigenvalue weighted by atomic mass is 10.1. The summed E-state index contributed by atoms with van der Waals surface area (Å²) in [5.41, 5.74) is 1.98. The molecule has 33 heavy (non-hydrogen) atoms. The second-order valence-corrected chi connectivity index (χ2v) is 9.47. The van der Waals surface area contributed by atoms with Crippen molar-refractivity contribution in [3.05, 3.63) is 36.4 Å². The molecule has 170 valence electrons. The molecule has 1 saturated carbocycles. The molecule has 2 atom stereocenters. The third-order valence-corrected chi connectivity index (χ3v) is 6.84. The van der Waals surface area contributed by atoms with Gasteiger partial charge in [0.05, 0.1) is 6.54 Å². The van der Waals surface area contributed by atoms with Gasteiger partial charge >= 0.3 is 0 Å². The van der Waals surface area contributed by atoms with Gasteiger partial charge in [0.25, 0.3) is 0 Å². The zero-order valence-electron chi connectivity index (χ0n) is 17.7. The number of carbonyl (C=O) groups excluding carboxylic acids is 1. The van der Waals surface area contributed by atoms with Gasteiger partial charge in [-0.3, -0.25) is 15.2 Å². The van der Waals surface area contributed by atoms with Crippen LogP contribution in [0.1, 0.15) is 31.9 Å². The lowest BCUT2D eigenvalue weighted by molar-refractivity contribution is -0.117. The van der Waals surface area contributed by atoms with Crippen LogP contribution in [0.4, 0.5) is 27.1 Å². The molecule has 1 aliphatic heterocycles. The van der Waals surface area contributed by atoms with Crippen molar-refractivity contribution in [3.8, 4) is 0 Å². The molecule has 11 nitrogen and oxygen atoms in total. The molecule has 0 aromatic carbocycles. The summed E-state index contributed by atoms with van der Waals surface area (Å²) in [4.78, 5) is 23.1. The van der Waals surface area contributed by atoms with Crippen LogP contribution in [0, 0.1) is 0 Å². The number of rotatable bonds is 6. The van der Waals surface area contributed by atoms with E-state index in [1.54, 1.807) is 15.6 Å². The van der Waals surface area contributed by atoms with Crippen molar-refractivity contribution in [1.29, 1.82) is 0 Å². The Bertz CT molecular complexity index is 1310. The summed E-state index contributed by atoms with van der Waals surface area (Å²) in [6.45, 7) is 2.22. The molecule has 0 bridgehead atoms. The number of carbonyl (C=O) groups is 1. The number of anilines is 4. The van der Waals surface area contributed by atoms with E-state index in [1.165, 1.54) is 6.33 Å². The van der Waals surface area contributed by atoms with E-state index in [1.807, 2.05) is 18.2 Å². The minimum Gasteiger partial charge on any atom is -0.324 e. The summed E-state index contributed by atoms with van der Waals surface area (Å²) in [5, 5.41) is 18.3. The standard InChI is InChI=1S/C20H21FN10OS/c1-20(4-5-20)14-8-15(28-27-14)24-16-12-3-2-6-31(12)29-18(25-16)30-9-11(21)7-13(30)17(32)26-19-22-10-23-33-19/h2-3,6,8,10-11,13H,4-5,7,9H2,1H3,(H,22,23,26,32)(H2,24,25,27,28,29)/t11-,13+/m1/s1. The van der Waals surface area contributed by atoms with Crippen molar-refractivity contribution in [1.82, 2.24) is 34.2 Å². The third kappa shape index (κ3) is 3.67. The molecule has 1 saturated heterocycles. The summed E-state index contributed by atoms with van der Waals surface area (Å²) >= 11 is 1.06. The van der Waals surface area contributed by atoms with E-state index in [-0.39, 0.29) is 30.2 Å². The van der Waals surface area contributed by atoms with Gasteiger partial charge in [-0.15, -0.1) is 5.10 Å². The number of nitrogens with one attached hydrogen (secondary N) is 3. The zero-order chi connectivity index (χ0) is 22.6. The number of amides is 1. The number of hydrogen-bond donors (Lipinski definition) is 3. The fourth-order valence-electron chi connectivity index (χ4n) is 4.08. The number of halogens is 1. The highest BCUT2D eigenvalue weighted by atomic mass is 32.1. The molecule has 13 heteroatoms. The first-order valence-corrected chi connectivity index (χ1v) is 11.4. The number of hydrogen-bond acceptors (Lipinski definition) is 9. The van der Waals surface area contributed by atoms with Crippen LogP contribution in [0.2, 0.25) is 0 Å². The van der Waals surface area contributed by atoms with Gasteiger partial charge in [-0.25, -0.2) is 13.9 Å². The maximum atomic E-state index is 14.4. The number of fused-ring (bicyclic) bond motifs is 1. The van der Waals surface area contributed by atoms with Crippen LogP contribution in [-0.2, 0) is 10.2 Å². The van der Waals surface area contributed by atoms with Gasteiger partial charge in [0.2, 0.25) is 17.0 Å². The van der Waals surface area contributed by atoms with Crippen LogP contribution in [0.25, 0.3) is 5.52 Å². The summed E-state index contributed by atoms with van der Waals surface area (Å²) in [6, 6.07) is 4.95. The van der Waals surface area contributed by atoms with E-state index in [0.29, 0.717) is 16.8 Å². The van der Waals surface area contributed by atoms with Crippen LogP contribution in [0.5, 0.6) is 0 Å². The minimum absolute atomic E-state index is 0.0192. The van der Waals surface area contributed by atoms with Crippen molar-refractivity contribution in [3.63, 3.8) is 0 Å². The van der Waals surface area contributed by atoms with Crippen molar-refractivity contribution >= 4 is 45.7 Å². The average molecular weight is 469 g/mol. The highest BCUT2D eigenvalue weighted by Crippen LogP contribution is 2.47. The second-order valence-electron chi connectivity index (χ2n) is 8.69. The van der Waals surface area contributed by atoms with Gasteiger partial charge in [0, 0.05) is 41.3 Å². The quantitative estimate of drug-likeness (QED) is 0.394. The Labute approximate surface area is 191 Å². The molecule has 6 rings (SSSR count). The van der Waals surface area contributed by atoms with E-state index in [2.05, 4.69) is 47.2 Å². The summed E-state index contributed by atoms with van der Waals surface area (Å²) < 4.78 is 20.0. The molecule has 4 aromatic heterocycles. The molecule has 2 fully saturated rings. The Hall–Kier alpha value is -3.61. The lowest BCUT2D eigenvalue weighted by Crippen LogP contribution is -2.41. The zero-order valence-corrected chi connectivity index (χ0v) is 18.5. The fourth-order valence-corrected chi connectivity index (χ4v) is 4.52. The SMILES string of the molecule is CC1(c2cc(Nc3nc(N4C[C@H](F)C[C@H]4C(=O)Nc4ncns4)nn4cccc34)n[nH]2)CC1. The van der Waals surface area contributed by atoms with Crippen LogP contribution in [-0.4, -0.2) is 58.8 Å². The van der Waals surface area contributed by atoms with Crippen LogP contribution >= 0.6 is 11.5 Å². The normalized spacial score (nSPS) is 21.5. The molecular formula is C20H21FN10OS. The van der Waals surface area contributed by atoms with E-state index in [9.17, 15) is 9.18 Å². The third-order valence-electron chi connectivity index (χ3n) is 6.26. The Morgan fingerprint density at radius 1 is 1.39 bits per heavy atom. The van der Waals surface area contributed by atoms with Crippen molar-refractivity contribution in [2.45, 2.75) is 43.8 Å². The van der Waals surface area contributed by atoms with Crippen molar-refractivity contribution in [2.24, 2.45) is 0 Å². The highest BCUT2D eigenvalue weighted by Gasteiger charge is 2.41. The highest BCUT2D eigenvalue weighted by molar-refractivity contribution is 7.09. The van der Waals surface area contributed by atoms with Crippen molar-refractivity contribution in [2.75, 3.05) is 22.1 Å². The monoisotopic (exact) mass is 468 g/mol. The Balaban J connectivity index is 1.31. The molecule has 2 aliphatic rings. The summed E-state index contributed by atoms with van der Waals surface area (Å²) in [5.74, 6) is 1.05. The number of H-pyrrole nitrogens is 1. The fraction of sp³-hybridized carbons (Fsp3) is 0.400. The Morgan fingerprint density at radius 2 is 2.27 bits per heavy atom. The number of aromatic nitrogens is 7. The van der Waals surface area contributed by atoms with Gasteiger partial charge in [0.15, 0.2) is 11.6 Å². The Morgan fingerprint density at radius 3 is 3.06 bits per heavy atom. The summed E-state index contributed by atoms with van der Waals surface area (Å²) in [7, 11) is 0. The average Bonchev–Trinajstić information content (AvgIpc) is 3.34. The molecule has 1 aliphatic carbocycles.